The first kappa shape index (κ1) is 23.0. The molecule has 2 fully saturated rings. The highest BCUT2D eigenvalue weighted by Gasteiger charge is 2.36. The van der Waals surface area contributed by atoms with Crippen molar-refractivity contribution in [1.82, 2.24) is 30.7 Å². The second-order valence-electron chi connectivity index (χ2n) is 8.38. The molecule has 6 N–H and O–H groups in total. The molecule has 1 aromatic carbocycles. The summed E-state index contributed by atoms with van der Waals surface area (Å²) in [5.74, 6) is -0.0269. The molecule has 0 unspecified atom stereocenters. The van der Waals surface area contributed by atoms with Crippen LogP contribution in [0.2, 0.25) is 0 Å². The van der Waals surface area contributed by atoms with Gasteiger partial charge in [0.2, 0.25) is 20.0 Å². The molecule has 0 radical (unpaired) electrons. The molecule has 2 saturated heterocycles. The van der Waals surface area contributed by atoms with Gasteiger partial charge in [-0.2, -0.15) is 0 Å². The van der Waals surface area contributed by atoms with E-state index in [9.17, 15) is 21.9 Å². The number of sulfonamides is 2. The lowest BCUT2D eigenvalue weighted by Gasteiger charge is -2.38. The van der Waals surface area contributed by atoms with Crippen LogP contribution in [-0.4, -0.2) is 80.4 Å². The smallest absolute Gasteiger partial charge is 0.242 e. The molecule has 0 spiro atoms. The highest BCUT2D eigenvalue weighted by Crippen LogP contribution is 2.40. The number of primary sulfonamides is 1. The van der Waals surface area contributed by atoms with E-state index in [2.05, 4.69) is 30.7 Å². The van der Waals surface area contributed by atoms with Crippen LogP contribution >= 0.6 is 0 Å². The van der Waals surface area contributed by atoms with Crippen molar-refractivity contribution in [3.63, 3.8) is 0 Å². The van der Waals surface area contributed by atoms with Crippen LogP contribution in [0.3, 0.4) is 0 Å². The molecule has 0 bridgehead atoms. The average Bonchev–Trinajstić information content (AvgIpc) is 3.40. The van der Waals surface area contributed by atoms with Crippen molar-refractivity contribution in [2.24, 2.45) is 5.14 Å². The fourth-order valence-electron chi connectivity index (χ4n) is 4.07. The maximum absolute atomic E-state index is 13.2. The molecule has 3 heterocycles. The van der Waals surface area contributed by atoms with Crippen molar-refractivity contribution < 1.29 is 21.9 Å². The number of nitrogens with two attached hydrogens (primary N) is 1. The number of nitrogens with zero attached hydrogens (tertiary/aromatic N) is 4. The molecular formula is C17H26N8O5S2. The van der Waals surface area contributed by atoms with Gasteiger partial charge in [-0.3, -0.25) is 0 Å². The third-order valence-electron chi connectivity index (χ3n) is 5.82. The van der Waals surface area contributed by atoms with Gasteiger partial charge >= 0.3 is 0 Å². The minimum Gasteiger partial charge on any atom is -0.390 e. The Morgan fingerprint density at radius 1 is 1.25 bits per heavy atom. The Labute approximate surface area is 185 Å². The molecular weight excluding hydrogens is 460 g/mol. The molecule has 1 aromatic heterocycles. The number of aliphatic hydroxyl groups is 1. The van der Waals surface area contributed by atoms with E-state index in [-0.39, 0.29) is 17.4 Å². The monoisotopic (exact) mass is 486 g/mol. The van der Waals surface area contributed by atoms with E-state index in [1.54, 1.807) is 6.92 Å². The van der Waals surface area contributed by atoms with Gasteiger partial charge in [0.25, 0.3) is 0 Å². The number of nitrogens with one attached hydrogen (secondary N) is 3. The van der Waals surface area contributed by atoms with Gasteiger partial charge in [-0.05, 0) is 55.3 Å². The summed E-state index contributed by atoms with van der Waals surface area (Å²) in [6.45, 7) is 3.67. The largest absolute Gasteiger partial charge is 0.390 e. The molecule has 2 aliphatic rings. The molecule has 0 amide bonds. The Morgan fingerprint density at radius 3 is 2.53 bits per heavy atom. The van der Waals surface area contributed by atoms with Crippen molar-refractivity contribution in [1.29, 1.82) is 0 Å². The van der Waals surface area contributed by atoms with Gasteiger partial charge in [-0.15, -0.1) is 5.10 Å². The molecule has 13 nitrogen and oxygen atoms in total. The van der Waals surface area contributed by atoms with Gasteiger partial charge in [0.15, 0.2) is 5.82 Å². The maximum Gasteiger partial charge on any atom is 0.242 e. The van der Waals surface area contributed by atoms with Crippen LogP contribution < -0.4 is 20.1 Å². The second-order valence-corrected chi connectivity index (χ2v) is 11.6. The molecule has 0 aliphatic carbocycles. The van der Waals surface area contributed by atoms with Crippen molar-refractivity contribution in [3.8, 4) is 11.4 Å². The molecule has 1 atom stereocenters. The first-order chi connectivity index (χ1) is 15.0. The van der Waals surface area contributed by atoms with Gasteiger partial charge in [0.1, 0.15) is 9.79 Å². The summed E-state index contributed by atoms with van der Waals surface area (Å²) in [4.78, 5) is 0.810. The zero-order valence-corrected chi connectivity index (χ0v) is 19.1. The van der Waals surface area contributed by atoms with Crippen molar-refractivity contribution >= 4 is 25.7 Å². The Hall–Kier alpha value is -2.17. The van der Waals surface area contributed by atoms with Crippen LogP contribution in [0, 0.1) is 0 Å². The van der Waals surface area contributed by atoms with Crippen LogP contribution in [0.5, 0.6) is 0 Å². The molecule has 4 rings (SSSR count). The van der Waals surface area contributed by atoms with E-state index in [4.69, 9.17) is 5.14 Å². The zero-order chi connectivity index (χ0) is 23.1. The van der Waals surface area contributed by atoms with E-state index >= 15 is 0 Å². The number of benzene rings is 1. The lowest BCUT2D eigenvalue weighted by atomic mass is 9.93. The topological polar surface area (TPSA) is 196 Å². The van der Waals surface area contributed by atoms with E-state index < -0.39 is 35.4 Å². The highest BCUT2D eigenvalue weighted by molar-refractivity contribution is 7.92. The Bertz CT molecular complexity index is 1180. The predicted octanol–water partition coefficient (Wildman–Crippen LogP) is -1.49. The standard InChI is InChI=1S/C17H26N8O5S2/c1-17(26)5-8-25(9-6-17)12-2-3-13(32(29,30)22-11-4-7-19-10-11)15(31(18,27)28)14(12)16-20-23-24-21-16/h2-3,11,19,22,26H,4-10H2,1H3,(H2,18,27,28)(H,20,21,23,24)/t11-/m1/s1. The van der Waals surface area contributed by atoms with E-state index in [0.29, 0.717) is 51.1 Å². The molecule has 0 saturated carbocycles. The Kier molecular flexibility index (Phi) is 5.98. The zero-order valence-electron chi connectivity index (χ0n) is 17.4. The Balaban J connectivity index is 1.89. The summed E-state index contributed by atoms with van der Waals surface area (Å²) in [6, 6.07) is 2.39. The number of aromatic amines is 1. The summed E-state index contributed by atoms with van der Waals surface area (Å²) in [6.07, 6.45) is 1.47. The van der Waals surface area contributed by atoms with Crippen LogP contribution in [0.1, 0.15) is 26.2 Å². The number of hydrogen-bond acceptors (Lipinski definition) is 10. The van der Waals surface area contributed by atoms with Crippen molar-refractivity contribution in [2.75, 3.05) is 31.1 Å². The van der Waals surface area contributed by atoms with Crippen LogP contribution in [0.25, 0.3) is 11.4 Å². The number of piperidine rings is 1. The summed E-state index contributed by atoms with van der Waals surface area (Å²) in [5, 5.41) is 32.3. The van der Waals surface area contributed by atoms with E-state index in [1.807, 2.05) is 4.90 Å². The Morgan fingerprint density at radius 2 is 1.97 bits per heavy atom. The normalized spacial score (nSPS) is 21.7. The van der Waals surface area contributed by atoms with Gasteiger partial charge in [0.05, 0.1) is 11.2 Å². The van der Waals surface area contributed by atoms with Gasteiger partial charge in [0, 0.05) is 31.4 Å². The molecule has 2 aromatic rings. The van der Waals surface area contributed by atoms with Crippen molar-refractivity contribution in [2.45, 2.75) is 47.6 Å². The minimum absolute atomic E-state index is 0.0218. The minimum atomic E-state index is -4.52. The quantitative estimate of drug-likeness (QED) is 0.320. The van der Waals surface area contributed by atoms with Gasteiger partial charge in [-0.1, -0.05) is 0 Å². The van der Waals surface area contributed by atoms with Crippen LogP contribution in [0.15, 0.2) is 21.9 Å². The van der Waals surface area contributed by atoms with Gasteiger partial charge in [-0.25, -0.2) is 31.8 Å². The van der Waals surface area contributed by atoms with Crippen LogP contribution in [-0.2, 0) is 20.0 Å². The first-order valence-corrected chi connectivity index (χ1v) is 13.2. The number of hydrogen-bond donors (Lipinski definition) is 5. The second kappa shape index (κ2) is 8.31. The van der Waals surface area contributed by atoms with E-state index in [1.165, 1.54) is 12.1 Å². The van der Waals surface area contributed by atoms with E-state index in [0.717, 1.165) is 0 Å². The number of aromatic nitrogens is 4. The lowest BCUT2D eigenvalue weighted by molar-refractivity contribution is 0.0351. The number of anilines is 1. The number of rotatable bonds is 6. The van der Waals surface area contributed by atoms with Crippen molar-refractivity contribution in [3.05, 3.63) is 12.1 Å². The number of tetrazole rings is 1. The molecule has 15 heteroatoms. The molecule has 176 valence electrons. The average molecular weight is 487 g/mol. The van der Waals surface area contributed by atoms with Gasteiger partial charge < -0.3 is 15.3 Å². The molecule has 2 aliphatic heterocycles. The SMILES string of the molecule is CC1(O)CCN(c2ccc(S(=O)(=O)N[C@@H]3CCNC3)c(S(N)(=O)=O)c2-c2nnn[nH]2)CC1. The lowest BCUT2D eigenvalue weighted by Crippen LogP contribution is -2.43. The fourth-order valence-corrected chi connectivity index (χ4v) is 6.94. The maximum atomic E-state index is 13.2. The summed E-state index contributed by atoms with van der Waals surface area (Å²) in [5.41, 5.74) is -0.452. The third-order valence-corrected chi connectivity index (χ3v) is 8.50. The fraction of sp³-hybridized carbons (Fsp3) is 0.588. The predicted molar refractivity (Wildman–Crippen MR) is 115 cm³/mol. The third kappa shape index (κ3) is 4.62. The number of H-pyrrole nitrogens is 1. The first-order valence-electron chi connectivity index (χ1n) is 10.1. The summed E-state index contributed by atoms with van der Waals surface area (Å²) >= 11 is 0. The summed E-state index contributed by atoms with van der Waals surface area (Å²) < 4.78 is 54.4. The van der Waals surface area contributed by atoms with Crippen LogP contribution in [0.4, 0.5) is 5.69 Å². The highest BCUT2D eigenvalue weighted by atomic mass is 32.2. The molecule has 32 heavy (non-hydrogen) atoms. The summed E-state index contributed by atoms with van der Waals surface area (Å²) in [7, 11) is -8.74.